The Labute approximate surface area is 271 Å². The van der Waals surface area contributed by atoms with Crippen LogP contribution in [0.1, 0.15) is 61.9 Å². The van der Waals surface area contributed by atoms with E-state index in [1.54, 1.807) is 6.92 Å². The summed E-state index contributed by atoms with van der Waals surface area (Å²) in [6.07, 6.45) is 8.58. The van der Waals surface area contributed by atoms with Gasteiger partial charge in [-0.25, -0.2) is 9.37 Å². The van der Waals surface area contributed by atoms with E-state index in [2.05, 4.69) is 23.3 Å². The van der Waals surface area contributed by atoms with Crippen molar-refractivity contribution in [3.63, 3.8) is 0 Å². The van der Waals surface area contributed by atoms with E-state index in [1.165, 1.54) is 0 Å². The number of phenolic OH excluding ortho intramolecular Hbond substituents is 1. The van der Waals surface area contributed by atoms with Gasteiger partial charge in [0.1, 0.15) is 30.4 Å². The van der Waals surface area contributed by atoms with E-state index < -0.39 is 11.6 Å². The molecule has 0 amide bonds. The molecule has 1 aliphatic heterocycles. The molecule has 1 unspecified atom stereocenters. The Morgan fingerprint density at radius 1 is 0.957 bits per heavy atom. The first-order chi connectivity index (χ1) is 21.9. The first-order valence-corrected chi connectivity index (χ1v) is 16.2. The second-order valence-electron chi connectivity index (χ2n) is 12.3. The number of Topliss-reactive ketones (excluding diaryl/α,β-unsaturated/α-hetero) is 1. The third-order valence-corrected chi connectivity index (χ3v) is 9.66. The molecule has 0 fully saturated rings. The zero-order chi connectivity index (χ0) is 33.3. The molecule has 2 aromatic rings. The third kappa shape index (κ3) is 5.77. The van der Waals surface area contributed by atoms with Gasteiger partial charge in [-0.05, 0) is 107 Å². The molecular weight excluding hydrogens is 580 g/mol. The number of benzene rings is 2. The van der Waals surface area contributed by atoms with Crippen LogP contribution in [0.2, 0.25) is 0 Å². The molecule has 1 atom stereocenters. The molecule has 2 N–H and O–H groups in total. The number of ether oxygens (including phenoxy) is 2. The van der Waals surface area contributed by atoms with E-state index >= 15 is 0 Å². The van der Waals surface area contributed by atoms with Gasteiger partial charge in [0.05, 0.1) is 11.1 Å². The average Bonchev–Trinajstić information content (AvgIpc) is 3.06. The molecule has 0 saturated carbocycles. The molecule has 5 rings (SSSR count). The highest BCUT2D eigenvalue weighted by Crippen LogP contribution is 2.44. The summed E-state index contributed by atoms with van der Waals surface area (Å²) in [6.45, 7) is 16.8. The molecule has 0 radical (unpaired) electrons. The van der Waals surface area contributed by atoms with Crippen LogP contribution in [0.5, 0.6) is 11.5 Å². The van der Waals surface area contributed by atoms with Gasteiger partial charge in [0.25, 0.3) is 0 Å². The Balaban J connectivity index is 1.24. The van der Waals surface area contributed by atoms with Gasteiger partial charge in [0.2, 0.25) is 11.4 Å². The number of carbonyl (C=O) groups is 2. The number of phenols is 1. The van der Waals surface area contributed by atoms with Crippen molar-refractivity contribution in [3.8, 4) is 11.5 Å². The van der Waals surface area contributed by atoms with Crippen LogP contribution in [0, 0.1) is 20.8 Å². The van der Waals surface area contributed by atoms with E-state index in [-0.39, 0.29) is 23.9 Å². The maximum absolute atomic E-state index is 13.2. The number of aromatic hydroxyl groups is 1. The summed E-state index contributed by atoms with van der Waals surface area (Å²) in [5.74, 6) is 0.390. The van der Waals surface area contributed by atoms with Crippen molar-refractivity contribution in [2.24, 2.45) is 0 Å². The highest BCUT2D eigenvalue weighted by atomic mass is 16.6. The van der Waals surface area contributed by atoms with Crippen molar-refractivity contribution >= 4 is 28.7 Å². The zero-order valence-corrected chi connectivity index (χ0v) is 28.0. The maximum Gasteiger partial charge on any atom is 0.350 e. The Bertz CT molecular complexity index is 1720. The van der Waals surface area contributed by atoms with Crippen LogP contribution < -0.4 is 9.64 Å². The molecule has 0 spiro atoms. The SMILES string of the molecule is CCN(CC)c1ccc(C2=C(O)C(=C3C=CC(=[N+](CC)CCOC(=O)C4(C)CCc5c(C)c(O)c(C)c(C)c5O4)C=C3)C2=O)cc1. The fourth-order valence-corrected chi connectivity index (χ4v) is 6.47. The van der Waals surface area contributed by atoms with Crippen molar-refractivity contribution in [3.05, 3.63) is 93.3 Å². The van der Waals surface area contributed by atoms with Crippen molar-refractivity contribution in [2.75, 3.05) is 37.7 Å². The molecule has 46 heavy (non-hydrogen) atoms. The molecule has 8 heteroatoms. The van der Waals surface area contributed by atoms with Gasteiger partial charge in [-0.15, -0.1) is 0 Å². The predicted octanol–water partition coefficient (Wildman–Crippen LogP) is 6.24. The number of rotatable bonds is 9. The average molecular weight is 626 g/mol. The highest BCUT2D eigenvalue weighted by molar-refractivity contribution is 6.39. The van der Waals surface area contributed by atoms with E-state index in [4.69, 9.17) is 9.47 Å². The fourth-order valence-electron chi connectivity index (χ4n) is 6.47. The molecule has 2 aliphatic carbocycles. The number of likely N-dealkylation sites (N-methyl/N-ethyl adjacent to an activating group) is 1. The molecule has 2 aromatic carbocycles. The van der Waals surface area contributed by atoms with Crippen LogP contribution in [-0.4, -0.2) is 70.6 Å². The lowest BCUT2D eigenvalue weighted by molar-refractivity contribution is -0.525. The first kappa shape index (κ1) is 32.8. The molecule has 1 heterocycles. The monoisotopic (exact) mass is 625 g/mol. The van der Waals surface area contributed by atoms with Crippen LogP contribution in [0.25, 0.3) is 5.57 Å². The lowest BCUT2D eigenvalue weighted by Crippen LogP contribution is -2.46. The van der Waals surface area contributed by atoms with E-state index in [0.29, 0.717) is 54.0 Å². The summed E-state index contributed by atoms with van der Waals surface area (Å²) >= 11 is 0. The van der Waals surface area contributed by atoms with Crippen molar-refractivity contribution in [1.82, 2.24) is 0 Å². The smallest absolute Gasteiger partial charge is 0.350 e. The number of allylic oxidation sites excluding steroid dienone is 7. The number of ketones is 1. The number of aliphatic hydroxyl groups is 1. The lowest BCUT2D eigenvalue weighted by Gasteiger charge is -2.35. The van der Waals surface area contributed by atoms with Gasteiger partial charge in [-0.3, -0.25) is 4.79 Å². The summed E-state index contributed by atoms with van der Waals surface area (Å²) in [5.41, 5.74) is 6.26. The summed E-state index contributed by atoms with van der Waals surface area (Å²) in [6, 6.07) is 7.74. The van der Waals surface area contributed by atoms with Gasteiger partial charge in [-0.2, -0.15) is 0 Å². The van der Waals surface area contributed by atoms with Crippen LogP contribution >= 0.6 is 0 Å². The standard InChI is InChI=1S/C38H44N2O6/c1-8-39(9-2)28-15-11-26(12-16-28)31-34(42)32(35(31)43)27-13-17-29(18-14-27)40(10-3)21-22-45-37(44)38(7)20-19-30-25(6)33(41)23(4)24(5)36(30)46-38/h11-18H,8-10,19-22H2,1-7H3,(H-,41,42,43)/p+1. The van der Waals surface area contributed by atoms with Gasteiger partial charge < -0.3 is 24.6 Å². The molecule has 8 nitrogen and oxygen atoms in total. The summed E-state index contributed by atoms with van der Waals surface area (Å²) in [4.78, 5) is 28.6. The number of fused-ring (bicyclic) bond motifs is 1. The van der Waals surface area contributed by atoms with Crippen LogP contribution in [0.3, 0.4) is 0 Å². The van der Waals surface area contributed by atoms with Crippen LogP contribution in [0.15, 0.2) is 65.5 Å². The number of anilines is 1. The zero-order valence-electron chi connectivity index (χ0n) is 28.0. The molecule has 3 aliphatic rings. The van der Waals surface area contributed by atoms with Crippen molar-refractivity contribution < 1.29 is 33.9 Å². The normalized spacial score (nSPS) is 18.8. The number of carbonyl (C=O) groups excluding carboxylic acids is 2. The maximum atomic E-state index is 13.2. The molecule has 0 aromatic heterocycles. The number of hydrogen-bond acceptors (Lipinski definition) is 7. The topological polar surface area (TPSA) is 99.3 Å². The van der Waals surface area contributed by atoms with E-state index in [1.807, 2.05) is 76.3 Å². The van der Waals surface area contributed by atoms with Crippen molar-refractivity contribution in [1.29, 1.82) is 0 Å². The molecule has 0 bridgehead atoms. The summed E-state index contributed by atoms with van der Waals surface area (Å²) in [7, 11) is 0. The molecular formula is C38H45N2O6+. The summed E-state index contributed by atoms with van der Waals surface area (Å²) in [5, 5.41) is 21.3. The second kappa shape index (κ2) is 13.0. The fraction of sp³-hybridized carbons (Fsp3) is 0.395. The van der Waals surface area contributed by atoms with Gasteiger partial charge in [0, 0.05) is 42.9 Å². The van der Waals surface area contributed by atoms with Crippen LogP contribution in [0.4, 0.5) is 5.69 Å². The Kier molecular flexibility index (Phi) is 9.29. The number of aliphatic hydroxyl groups excluding tert-OH is 1. The number of nitrogens with zero attached hydrogens (tertiary/aromatic N) is 2. The predicted molar refractivity (Wildman–Crippen MR) is 181 cm³/mol. The van der Waals surface area contributed by atoms with Crippen LogP contribution in [-0.2, 0) is 20.7 Å². The minimum Gasteiger partial charge on any atom is -0.507 e. The minimum absolute atomic E-state index is 0.0194. The van der Waals surface area contributed by atoms with Crippen molar-refractivity contribution in [2.45, 2.75) is 66.9 Å². The number of esters is 1. The lowest BCUT2D eigenvalue weighted by atomic mass is 9.80. The van der Waals surface area contributed by atoms with Gasteiger partial charge in [-0.1, -0.05) is 12.1 Å². The largest absolute Gasteiger partial charge is 0.507 e. The quantitative estimate of drug-likeness (QED) is 0.193. The van der Waals surface area contributed by atoms with E-state index in [9.17, 15) is 19.8 Å². The van der Waals surface area contributed by atoms with Gasteiger partial charge >= 0.3 is 5.97 Å². The second-order valence-corrected chi connectivity index (χ2v) is 12.3. The Hall–Kier alpha value is -4.59. The molecule has 0 saturated heterocycles. The highest BCUT2D eigenvalue weighted by Gasteiger charge is 2.42. The minimum atomic E-state index is -1.11. The third-order valence-electron chi connectivity index (χ3n) is 9.66. The van der Waals surface area contributed by atoms with E-state index in [0.717, 1.165) is 46.7 Å². The summed E-state index contributed by atoms with van der Waals surface area (Å²) < 4.78 is 14.1. The number of hydrogen-bond donors (Lipinski definition) is 2. The Morgan fingerprint density at radius 3 is 2.20 bits per heavy atom. The molecule has 242 valence electrons. The Morgan fingerprint density at radius 2 is 1.61 bits per heavy atom. The first-order valence-electron chi connectivity index (χ1n) is 16.2. The van der Waals surface area contributed by atoms with Gasteiger partial charge in [0.15, 0.2) is 12.3 Å².